The molecule has 0 bridgehead atoms. The molecular formula is C55H65NO19. The maximum Gasteiger partial charge on any atom is 0.341 e. The van der Waals surface area contributed by atoms with Crippen LogP contribution in [0.1, 0.15) is 57.7 Å². The van der Waals surface area contributed by atoms with Crippen molar-refractivity contribution >= 4 is 35.8 Å². The van der Waals surface area contributed by atoms with Gasteiger partial charge in [0.1, 0.15) is 48.6 Å². The van der Waals surface area contributed by atoms with Gasteiger partial charge in [-0.25, -0.2) is 4.79 Å². The molecule has 4 aromatic rings. The van der Waals surface area contributed by atoms with Gasteiger partial charge in [0.05, 0.1) is 52.8 Å². The number of aliphatic hydroxyl groups excluding tert-OH is 1. The van der Waals surface area contributed by atoms with E-state index in [1.54, 1.807) is 24.3 Å². The highest BCUT2D eigenvalue weighted by molar-refractivity contribution is 5.81. The molecule has 75 heavy (non-hydrogen) atoms. The van der Waals surface area contributed by atoms with Crippen molar-refractivity contribution in [3.8, 4) is 11.5 Å². The number of carbonyl (C=O) groups excluding carboxylic acids is 6. The molecule has 20 heteroatoms. The summed E-state index contributed by atoms with van der Waals surface area (Å²) in [5, 5.41) is 16.5. The van der Waals surface area contributed by atoms with E-state index in [0.29, 0.717) is 16.9 Å². The first-order chi connectivity index (χ1) is 36.0. The van der Waals surface area contributed by atoms with Gasteiger partial charge in [0.25, 0.3) is 0 Å². The molecule has 1 amide bonds. The largest absolute Gasteiger partial charge is 0.497 e. The normalized spacial score (nSPS) is 24.5. The van der Waals surface area contributed by atoms with E-state index in [1.165, 1.54) is 7.11 Å². The summed E-state index contributed by atoms with van der Waals surface area (Å²) in [6, 6.07) is 32.7. The maximum absolute atomic E-state index is 15.1. The summed E-state index contributed by atoms with van der Waals surface area (Å²) < 4.78 is 74.0. The van der Waals surface area contributed by atoms with Crippen LogP contribution in [-0.4, -0.2) is 135 Å². The van der Waals surface area contributed by atoms with Gasteiger partial charge in [-0.1, -0.05) is 91.0 Å². The minimum absolute atomic E-state index is 0.0766. The second-order valence-corrected chi connectivity index (χ2v) is 17.9. The molecule has 404 valence electrons. The molecule has 20 nitrogen and oxygen atoms in total. The fourth-order valence-corrected chi connectivity index (χ4v) is 9.22. The summed E-state index contributed by atoms with van der Waals surface area (Å²) in [6.45, 7) is 4.42. The van der Waals surface area contributed by atoms with Crippen molar-refractivity contribution in [2.75, 3.05) is 27.4 Å². The zero-order valence-corrected chi connectivity index (χ0v) is 42.9. The van der Waals surface area contributed by atoms with Crippen LogP contribution in [0.15, 0.2) is 115 Å². The van der Waals surface area contributed by atoms with Gasteiger partial charge in [-0.2, -0.15) is 0 Å². The molecule has 12 atom stereocenters. The van der Waals surface area contributed by atoms with E-state index in [1.807, 2.05) is 91.0 Å². The lowest BCUT2D eigenvalue weighted by Gasteiger charge is -2.54. The Morgan fingerprint density at radius 2 is 1.23 bits per heavy atom. The van der Waals surface area contributed by atoms with Crippen LogP contribution in [0.5, 0.6) is 11.5 Å². The Labute approximate surface area is 435 Å². The van der Waals surface area contributed by atoms with E-state index in [2.05, 4.69) is 5.32 Å². The van der Waals surface area contributed by atoms with Gasteiger partial charge < -0.3 is 67.3 Å². The van der Waals surface area contributed by atoms with Gasteiger partial charge in [-0.15, -0.1) is 0 Å². The first-order valence-electron chi connectivity index (χ1n) is 24.3. The summed E-state index contributed by atoms with van der Waals surface area (Å²) in [7, 11) is 2.55. The third kappa shape index (κ3) is 15.8. The maximum atomic E-state index is 15.1. The van der Waals surface area contributed by atoms with E-state index in [4.69, 9.17) is 56.8 Å². The lowest BCUT2D eigenvalue weighted by Crippen LogP contribution is -2.74. The Bertz CT molecular complexity index is 2480. The summed E-state index contributed by atoms with van der Waals surface area (Å²) in [5.74, 6) is -6.21. The number of hydrogen-bond acceptors (Lipinski definition) is 19. The van der Waals surface area contributed by atoms with Gasteiger partial charge in [0.2, 0.25) is 12.2 Å². The number of benzene rings is 4. The Balaban J connectivity index is 1.60. The quantitative estimate of drug-likeness (QED) is 0.0712. The molecule has 0 aliphatic carbocycles. The molecule has 0 radical (unpaired) electrons. The van der Waals surface area contributed by atoms with Crippen molar-refractivity contribution in [3.63, 3.8) is 0 Å². The van der Waals surface area contributed by atoms with E-state index in [-0.39, 0.29) is 32.2 Å². The molecule has 2 aliphatic heterocycles. The second-order valence-electron chi connectivity index (χ2n) is 17.9. The highest BCUT2D eigenvalue weighted by atomic mass is 16.7. The van der Waals surface area contributed by atoms with Gasteiger partial charge in [-0.05, 0) is 41.0 Å². The van der Waals surface area contributed by atoms with Crippen molar-refractivity contribution in [1.82, 2.24) is 5.32 Å². The number of nitrogens with one attached hydrogen (secondary N) is 1. The van der Waals surface area contributed by atoms with Crippen LogP contribution in [0.25, 0.3) is 0 Å². The smallest absolute Gasteiger partial charge is 0.341 e. The lowest BCUT2D eigenvalue weighted by molar-refractivity contribution is -0.322. The van der Waals surface area contributed by atoms with Crippen LogP contribution in [0, 0.1) is 5.92 Å². The number of ether oxygens (including phenoxy) is 12. The van der Waals surface area contributed by atoms with Crippen molar-refractivity contribution in [2.24, 2.45) is 5.92 Å². The number of carbonyl (C=O) groups is 6. The van der Waals surface area contributed by atoms with Crippen molar-refractivity contribution < 1.29 is 90.7 Å². The molecule has 2 heterocycles. The van der Waals surface area contributed by atoms with Gasteiger partial charge in [-0.3, -0.25) is 24.0 Å². The lowest BCUT2D eigenvalue weighted by atomic mass is 9.72. The number of aliphatic hydroxyl groups is 1. The Kier molecular flexibility index (Phi) is 21.1. The molecule has 0 unspecified atom stereocenters. The van der Waals surface area contributed by atoms with Crippen LogP contribution >= 0.6 is 0 Å². The molecule has 2 aliphatic rings. The van der Waals surface area contributed by atoms with Crippen LogP contribution in [-0.2, 0) is 96.0 Å². The number of hydrogen-bond donors (Lipinski definition) is 2. The molecule has 2 N–H and O–H groups in total. The van der Waals surface area contributed by atoms with Gasteiger partial charge in [0.15, 0.2) is 17.8 Å². The molecule has 4 aromatic carbocycles. The number of esters is 5. The average molecular weight is 1040 g/mol. The average Bonchev–Trinajstić information content (AvgIpc) is 3.39. The zero-order valence-electron chi connectivity index (χ0n) is 42.9. The standard InChI is InChI=1S/C55H65NO19/c1-33(57)56-47-43(70-35(3)59)27-55(54(63)65-7,75-51(47)49(72-37(5)61)45(71-36(4)60)32-67-34(2)58)52(62)46-48(68-29-39-19-13-9-14-20-39)44(31-66-28-38-17-11-8-12-18-38)74-53(73-42-25-23-41(64-6)24-26-42)50(46)69-30-40-21-15-10-16-22-40/h8-26,43-53,62H,27-32H2,1-7H3,(H,56,57)/t43-,44+,45+,46-,47+,48-,49+,50+,51+,52+,53+,55-/m0/s1. The Morgan fingerprint density at radius 1 is 0.680 bits per heavy atom. The summed E-state index contributed by atoms with van der Waals surface area (Å²) in [6.07, 6.45) is -15.2. The third-order valence-electron chi connectivity index (χ3n) is 12.4. The monoisotopic (exact) mass is 1040 g/mol. The minimum atomic E-state index is -2.71. The Hall–Kier alpha value is -6.94. The molecule has 6 rings (SSSR count). The Morgan fingerprint density at radius 3 is 1.73 bits per heavy atom. The topological polar surface area (TPSA) is 245 Å². The number of rotatable bonds is 24. The highest BCUT2D eigenvalue weighted by Crippen LogP contribution is 2.45. The fraction of sp³-hybridized carbons (Fsp3) is 0.455. The van der Waals surface area contributed by atoms with Gasteiger partial charge >= 0.3 is 29.8 Å². The van der Waals surface area contributed by atoms with Crippen LogP contribution in [0.2, 0.25) is 0 Å². The SMILES string of the molecule is COC(=O)[C@@]1([C@H](O)[C@H]2[C@@H](OCc3ccccc3)[C@@H](COCc3ccccc3)O[C@@H](Oc3ccc(OC)cc3)[C@@H]2OCc2ccccc2)C[C@H](OC(C)=O)[C@@H](NC(C)=O)[C@H]([C@H](OC(C)=O)[C@@H](COC(C)=O)OC(C)=O)O1. The van der Waals surface area contributed by atoms with Crippen LogP contribution < -0.4 is 14.8 Å². The first-order valence-corrected chi connectivity index (χ1v) is 24.3. The predicted octanol–water partition coefficient (Wildman–Crippen LogP) is 4.73. The number of methoxy groups -OCH3 is 2. The summed E-state index contributed by atoms with van der Waals surface area (Å²) in [4.78, 5) is 79.5. The minimum Gasteiger partial charge on any atom is -0.497 e. The van der Waals surface area contributed by atoms with E-state index < -0.39 is 121 Å². The van der Waals surface area contributed by atoms with Gasteiger partial charge in [0, 0.05) is 47.0 Å². The highest BCUT2D eigenvalue weighted by Gasteiger charge is 2.66. The molecular weight excluding hydrogens is 979 g/mol. The second kappa shape index (κ2) is 27.6. The summed E-state index contributed by atoms with van der Waals surface area (Å²) in [5.41, 5.74) is -0.463. The van der Waals surface area contributed by atoms with Crippen LogP contribution in [0.4, 0.5) is 0 Å². The van der Waals surface area contributed by atoms with E-state index in [0.717, 1.165) is 47.3 Å². The molecule has 0 spiro atoms. The number of amides is 1. The van der Waals surface area contributed by atoms with Crippen molar-refractivity contribution in [3.05, 3.63) is 132 Å². The molecule has 0 aromatic heterocycles. The predicted molar refractivity (Wildman–Crippen MR) is 263 cm³/mol. The third-order valence-corrected chi connectivity index (χ3v) is 12.4. The van der Waals surface area contributed by atoms with Crippen molar-refractivity contribution in [2.45, 2.75) is 128 Å². The zero-order chi connectivity index (χ0) is 54.1. The van der Waals surface area contributed by atoms with E-state index >= 15 is 4.79 Å². The molecule has 0 saturated carbocycles. The van der Waals surface area contributed by atoms with E-state index in [9.17, 15) is 29.1 Å². The van der Waals surface area contributed by atoms with Crippen LogP contribution in [0.3, 0.4) is 0 Å². The molecule has 2 fully saturated rings. The molecule has 2 saturated heterocycles. The summed E-state index contributed by atoms with van der Waals surface area (Å²) >= 11 is 0. The van der Waals surface area contributed by atoms with Crippen molar-refractivity contribution in [1.29, 1.82) is 0 Å². The fourth-order valence-electron chi connectivity index (χ4n) is 9.22. The first kappa shape index (κ1) is 57.3.